The van der Waals surface area contributed by atoms with Crippen LogP contribution in [0.15, 0.2) is 15.7 Å². The summed E-state index contributed by atoms with van der Waals surface area (Å²) in [6.07, 6.45) is 15.3. The Morgan fingerprint density at radius 2 is 1.97 bits per heavy atom. The van der Waals surface area contributed by atoms with Crippen LogP contribution in [0.2, 0.25) is 0 Å². The van der Waals surface area contributed by atoms with E-state index in [1.807, 2.05) is 12.5 Å². The molecule has 0 radical (unpaired) electrons. The van der Waals surface area contributed by atoms with E-state index in [4.69, 9.17) is 19.6 Å². The van der Waals surface area contributed by atoms with Gasteiger partial charge in [-0.05, 0) is 77.5 Å². The zero-order chi connectivity index (χ0) is 24.4. The predicted octanol–water partition coefficient (Wildman–Crippen LogP) is 5.11. The van der Waals surface area contributed by atoms with E-state index in [-0.39, 0.29) is 6.04 Å². The van der Waals surface area contributed by atoms with Crippen LogP contribution in [0.3, 0.4) is 0 Å². The van der Waals surface area contributed by atoms with Crippen molar-refractivity contribution in [2.75, 3.05) is 12.8 Å². The number of thioether (sulfide) groups is 1. The van der Waals surface area contributed by atoms with Gasteiger partial charge >= 0.3 is 0 Å². The average molecular weight is 507 g/mol. The molecule has 9 heteroatoms. The third-order valence-electron chi connectivity index (χ3n) is 9.17. The minimum Gasteiger partial charge on any atom is -0.359 e. The molecular weight excluding hydrogens is 472 g/mol. The number of rotatable bonds is 5. The Balaban J connectivity index is 1.31. The minimum atomic E-state index is -0.492. The lowest BCUT2D eigenvalue weighted by Gasteiger charge is -2.36. The van der Waals surface area contributed by atoms with Gasteiger partial charge in [0.2, 0.25) is 0 Å². The zero-order valence-corrected chi connectivity index (χ0v) is 22.0. The lowest BCUT2D eigenvalue weighted by Crippen LogP contribution is -2.41. The van der Waals surface area contributed by atoms with Crippen LogP contribution in [0.1, 0.15) is 88.5 Å². The van der Waals surface area contributed by atoms with Gasteiger partial charge in [0, 0.05) is 24.1 Å². The van der Waals surface area contributed by atoms with Crippen LogP contribution in [-0.2, 0) is 16.6 Å². The van der Waals surface area contributed by atoms with Gasteiger partial charge in [-0.2, -0.15) is 5.10 Å². The van der Waals surface area contributed by atoms with E-state index in [0.29, 0.717) is 29.8 Å². The zero-order valence-electron chi connectivity index (χ0n) is 21.2. The van der Waals surface area contributed by atoms with E-state index >= 15 is 0 Å². The normalized spacial score (nSPS) is 27.7. The summed E-state index contributed by atoms with van der Waals surface area (Å²) in [6, 6.07) is 1.48. The lowest BCUT2D eigenvalue weighted by molar-refractivity contribution is -0.128. The van der Waals surface area contributed by atoms with Crippen molar-refractivity contribution in [3.05, 3.63) is 17.5 Å². The van der Waals surface area contributed by atoms with Gasteiger partial charge in [-0.15, -0.1) is 11.8 Å². The number of hydrogen-bond donors (Lipinski definition) is 0. The largest absolute Gasteiger partial charge is 0.359 e. The fraction of sp³-hybridized carbons (Fsp3) is 0.667. The Morgan fingerprint density at radius 3 is 2.78 bits per heavy atom. The second kappa shape index (κ2) is 8.65. The van der Waals surface area contributed by atoms with Crippen molar-refractivity contribution < 1.29 is 9.32 Å². The SMILES string of the molecule is CSc1nc(-c2noc3c2CCC[C@@]32CCCCC2=O)nc2c1cnn2[C@@H](C)[C@@H]1CCCN1C1CC1. The van der Waals surface area contributed by atoms with Crippen molar-refractivity contribution in [3.63, 3.8) is 0 Å². The molecule has 0 amide bonds. The standard InChI is InChI=1S/C27H34N6O2S/c1-16(20-8-6-14-32(20)17-10-11-17)33-25-19(15-28-33)26(36-2)30-24(29-25)22-18-7-5-13-27(23(18)35-31-22)12-4-3-9-21(27)34/h15-17,20H,3-14H2,1-2H3/t16-,20-,27+/m0/s1. The van der Waals surface area contributed by atoms with Crippen LogP contribution in [-0.4, -0.2) is 60.5 Å². The molecule has 0 bridgehead atoms. The Bertz CT molecular complexity index is 1330. The van der Waals surface area contributed by atoms with E-state index in [9.17, 15) is 4.79 Å². The smallest absolute Gasteiger partial charge is 0.185 e. The summed E-state index contributed by atoms with van der Waals surface area (Å²) in [5, 5.41) is 11.3. The average Bonchev–Trinajstić information content (AvgIpc) is 3.29. The first-order valence-corrected chi connectivity index (χ1v) is 14.9. The molecule has 4 heterocycles. The number of aromatic nitrogens is 5. The van der Waals surface area contributed by atoms with Gasteiger partial charge in [-0.25, -0.2) is 14.6 Å². The molecule has 1 saturated heterocycles. The molecule has 0 aromatic carbocycles. The number of hydrogen-bond acceptors (Lipinski definition) is 8. The molecule has 8 nitrogen and oxygen atoms in total. The van der Waals surface area contributed by atoms with Crippen molar-refractivity contribution in [3.8, 4) is 11.5 Å². The van der Waals surface area contributed by atoms with E-state index in [1.165, 1.54) is 32.2 Å². The van der Waals surface area contributed by atoms with Crippen LogP contribution in [0.25, 0.3) is 22.6 Å². The highest BCUT2D eigenvalue weighted by atomic mass is 32.2. The Kier molecular flexibility index (Phi) is 5.50. The number of ketones is 1. The van der Waals surface area contributed by atoms with Gasteiger partial charge in [0.05, 0.1) is 23.0 Å². The molecule has 1 spiro atoms. The summed E-state index contributed by atoms with van der Waals surface area (Å²) >= 11 is 1.61. The minimum absolute atomic E-state index is 0.234. The van der Waals surface area contributed by atoms with Gasteiger partial charge in [0.15, 0.2) is 22.9 Å². The van der Waals surface area contributed by atoms with Crippen molar-refractivity contribution in [1.29, 1.82) is 0 Å². The molecule has 7 rings (SSSR count). The van der Waals surface area contributed by atoms with E-state index in [2.05, 4.69) is 21.7 Å². The molecule has 190 valence electrons. The highest BCUT2D eigenvalue weighted by Crippen LogP contribution is 2.47. The summed E-state index contributed by atoms with van der Waals surface area (Å²) in [7, 11) is 0. The summed E-state index contributed by atoms with van der Waals surface area (Å²) in [6.45, 7) is 3.48. The number of Topliss-reactive ketones (excluding diaryl/α,β-unsaturated/α-hetero) is 1. The number of carbonyl (C=O) groups is 1. The quantitative estimate of drug-likeness (QED) is 0.348. The Labute approximate surface area is 215 Å². The van der Waals surface area contributed by atoms with Crippen molar-refractivity contribution >= 4 is 28.6 Å². The monoisotopic (exact) mass is 506 g/mol. The lowest BCUT2D eigenvalue weighted by atomic mass is 9.64. The fourth-order valence-corrected chi connectivity index (χ4v) is 7.73. The van der Waals surface area contributed by atoms with Gasteiger partial charge in [0.1, 0.15) is 10.8 Å². The first-order chi connectivity index (χ1) is 17.6. The number of nitrogens with zero attached hydrogens (tertiary/aromatic N) is 6. The van der Waals surface area contributed by atoms with Crippen molar-refractivity contribution in [1.82, 2.24) is 29.8 Å². The first kappa shape index (κ1) is 22.9. The number of carbonyl (C=O) groups excluding carboxylic acids is 1. The predicted molar refractivity (Wildman–Crippen MR) is 138 cm³/mol. The number of likely N-dealkylation sites (tertiary alicyclic amines) is 1. The molecule has 0 N–H and O–H groups in total. The van der Waals surface area contributed by atoms with Crippen LogP contribution in [0, 0.1) is 0 Å². The van der Waals surface area contributed by atoms with Crippen molar-refractivity contribution in [2.45, 2.75) is 106 Å². The van der Waals surface area contributed by atoms with Crippen molar-refractivity contribution in [2.24, 2.45) is 0 Å². The van der Waals surface area contributed by atoms with E-state index in [1.54, 1.807) is 11.8 Å². The highest BCUT2D eigenvalue weighted by molar-refractivity contribution is 7.98. The number of fused-ring (bicyclic) bond motifs is 3. The van der Waals surface area contributed by atoms with E-state index < -0.39 is 5.41 Å². The Morgan fingerprint density at radius 1 is 1.11 bits per heavy atom. The van der Waals surface area contributed by atoms with Gasteiger partial charge in [-0.1, -0.05) is 11.6 Å². The molecule has 3 fully saturated rings. The summed E-state index contributed by atoms with van der Waals surface area (Å²) in [5.41, 5.74) is 2.13. The molecule has 1 aliphatic heterocycles. The summed E-state index contributed by atoms with van der Waals surface area (Å²) in [5.74, 6) is 1.70. The van der Waals surface area contributed by atoms with Gasteiger partial charge in [-0.3, -0.25) is 9.69 Å². The fourth-order valence-electron chi connectivity index (χ4n) is 7.18. The maximum atomic E-state index is 13.1. The summed E-state index contributed by atoms with van der Waals surface area (Å²) in [4.78, 5) is 25.8. The maximum absolute atomic E-state index is 13.1. The van der Waals surface area contributed by atoms with Crippen LogP contribution in [0.4, 0.5) is 0 Å². The topological polar surface area (TPSA) is 89.9 Å². The molecule has 2 saturated carbocycles. The second-order valence-electron chi connectivity index (χ2n) is 11.2. The highest BCUT2D eigenvalue weighted by Gasteiger charge is 2.48. The summed E-state index contributed by atoms with van der Waals surface area (Å²) < 4.78 is 8.11. The van der Waals surface area contributed by atoms with Crippen LogP contribution >= 0.6 is 11.8 Å². The third-order valence-corrected chi connectivity index (χ3v) is 9.87. The molecule has 3 aromatic rings. The molecule has 36 heavy (non-hydrogen) atoms. The van der Waals surface area contributed by atoms with Crippen LogP contribution < -0.4 is 0 Å². The molecule has 0 unspecified atom stereocenters. The third kappa shape index (κ3) is 3.41. The maximum Gasteiger partial charge on any atom is 0.185 e. The molecule has 3 atom stereocenters. The van der Waals surface area contributed by atoms with E-state index in [0.717, 1.165) is 71.9 Å². The molecule has 3 aromatic heterocycles. The van der Waals surface area contributed by atoms with Crippen LogP contribution in [0.5, 0.6) is 0 Å². The molecule has 3 aliphatic carbocycles. The van der Waals surface area contributed by atoms with Gasteiger partial charge in [0.25, 0.3) is 0 Å². The van der Waals surface area contributed by atoms with Gasteiger partial charge < -0.3 is 4.52 Å². The first-order valence-electron chi connectivity index (χ1n) is 13.7. The Hall–Kier alpha value is -2.26. The molecular formula is C27H34N6O2S. The second-order valence-corrected chi connectivity index (χ2v) is 12.0. The molecule has 4 aliphatic rings.